The molecule has 0 unspecified atom stereocenters. The highest BCUT2D eigenvalue weighted by atomic mass is 15.0. The minimum atomic E-state index is 0.765. The molecule has 86 valence electrons. The van der Waals surface area contributed by atoms with Crippen LogP contribution in [0.4, 0.5) is 5.69 Å². The Morgan fingerprint density at radius 1 is 1.06 bits per heavy atom. The van der Waals surface area contributed by atoms with Crippen LogP contribution in [-0.4, -0.2) is 6.04 Å². The van der Waals surface area contributed by atoms with Crippen molar-refractivity contribution in [2.75, 3.05) is 5.32 Å². The summed E-state index contributed by atoms with van der Waals surface area (Å²) >= 11 is 0. The van der Waals surface area contributed by atoms with E-state index in [4.69, 9.17) is 0 Å². The van der Waals surface area contributed by atoms with E-state index in [0.717, 1.165) is 17.9 Å². The smallest absolute Gasteiger partial charge is 0.0372 e. The minimum Gasteiger partial charge on any atom is -0.382 e. The van der Waals surface area contributed by atoms with Gasteiger partial charge in [0.05, 0.1) is 0 Å². The molecule has 2 aliphatic rings. The Kier molecular flexibility index (Phi) is 2.42. The topological polar surface area (TPSA) is 12.0 Å². The van der Waals surface area contributed by atoms with E-state index in [1.165, 1.54) is 42.5 Å². The highest BCUT2D eigenvalue weighted by Gasteiger charge is 2.41. The number of nitrogens with one attached hydrogen (secondary N) is 1. The van der Waals surface area contributed by atoms with Gasteiger partial charge >= 0.3 is 0 Å². The van der Waals surface area contributed by atoms with Gasteiger partial charge in [0, 0.05) is 11.7 Å². The molecule has 0 spiro atoms. The number of anilines is 1. The second-order valence-corrected chi connectivity index (χ2v) is 5.66. The van der Waals surface area contributed by atoms with Crippen molar-refractivity contribution in [2.45, 2.75) is 45.6 Å². The van der Waals surface area contributed by atoms with E-state index in [0.29, 0.717) is 0 Å². The number of rotatable bonds is 4. The van der Waals surface area contributed by atoms with Gasteiger partial charge in [-0.05, 0) is 63.0 Å². The van der Waals surface area contributed by atoms with E-state index < -0.39 is 0 Å². The quantitative estimate of drug-likeness (QED) is 0.803. The molecule has 0 amide bonds. The van der Waals surface area contributed by atoms with Crippen LogP contribution in [0.3, 0.4) is 0 Å². The van der Waals surface area contributed by atoms with Gasteiger partial charge in [-0.3, -0.25) is 0 Å². The lowest BCUT2D eigenvalue weighted by molar-refractivity contribution is 0.567. The van der Waals surface area contributed by atoms with Gasteiger partial charge in [-0.15, -0.1) is 0 Å². The van der Waals surface area contributed by atoms with E-state index in [9.17, 15) is 0 Å². The van der Waals surface area contributed by atoms with Crippen LogP contribution in [0.15, 0.2) is 18.2 Å². The summed E-state index contributed by atoms with van der Waals surface area (Å²) in [5.41, 5.74) is 4.11. The van der Waals surface area contributed by atoms with Crippen molar-refractivity contribution in [3.05, 3.63) is 29.3 Å². The highest BCUT2D eigenvalue weighted by Crippen LogP contribution is 2.46. The average Bonchev–Trinajstić information content (AvgIpc) is 3.11. The second-order valence-electron chi connectivity index (χ2n) is 5.66. The Labute approximate surface area is 98.3 Å². The van der Waals surface area contributed by atoms with Crippen LogP contribution in [0.5, 0.6) is 0 Å². The van der Waals surface area contributed by atoms with Gasteiger partial charge in [-0.25, -0.2) is 0 Å². The lowest BCUT2D eigenvalue weighted by atomic mass is 10.0. The van der Waals surface area contributed by atoms with Gasteiger partial charge in [0.25, 0.3) is 0 Å². The van der Waals surface area contributed by atoms with E-state index in [2.05, 4.69) is 37.4 Å². The number of benzene rings is 1. The maximum Gasteiger partial charge on any atom is 0.0372 e. The fourth-order valence-electron chi connectivity index (χ4n) is 2.69. The van der Waals surface area contributed by atoms with Crippen LogP contribution >= 0.6 is 0 Å². The molecule has 1 nitrogen and oxygen atoms in total. The van der Waals surface area contributed by atoms with Gasteiger partial charge in [-0.2, -0.15) is 0 Å². The molecule has 0 aromatic heterocycles. The molecule has 3 rings (SSSR count). The zero-order valence-electron chi connectivity index (χ0n) is 10.3. The maximum atomic E-state index is 3.80. The molecule has 1 N–H and O–H groups in total. The van der Waals surface area contributed by atoms with E-state index >= 15 is 0 Å². The maximum absolute atomic E-state index is 3.80. The molecular formula is C15H21N. The Hall–Kier alpha value is -0.980. The van der Waals surface area contributed by atoms with E-state index in [1.54, 1.807) is 0 Å². The van der Waals surface area contributed by atoms with Crippen molar-refractivity contribution < 1.29 is 0 Å². The first-order chi connectivity index (χ1) is 7.74. The van der Waals surface area contributed by atoms with Crippen LogP contribution in [0, 0.1) is 25.7 Å². The monoisotopic (exact) mass is 215 g/mol. The first-order valence-electron chi connectivity index (χ1n) is 6.58. The summed E-state index contributed by atoms with van der Waals surface area (Å²) in [5, 5.41) is 3.80. The van der Waals surface area contributed by atoms with Crippen molar-refractivity contribution in [1.82, 2.24) is 0 Å². The van der Waals surface area contributed by atoms with Gasteiger partial charge in [0.2, 0.25) is 0 Å². The van der Waals surface area contributed by atoms with Crippen molar-refractivity contribution in [1.29, 1.82) is 0 Å². The lowest BCUT2D eigenvalue weighted by Crippen LogP contribution is -2.24. The molecule has 0 atom stereocenters. The summed E-state index contributed by atoms with van der Waals surface area (Å²) in [5.74, 6) is 1.93. The molecule has 0 bridgehead atoms. The molecule has 0 aliphatic heterocycles. The first kappa shape index (κ1) is 10.2. The number of hydrogen-bond donors (Lipinski definition) is 1. The third kappa shape index (κ3) is 2.09. The van der Waals surface area contributed by atoms with Crippen molar-refractivity contribution in [2.24, 2.45) is 11.8 Å². The molecule has 16 heavy (non-hydrogen) atoms. The fourth-order valence-corrected chi connectivity index (χ4v) is 2.69. The third-order valence-electron chi connectivity index (χ3n) is 3.96. The van der Waals surface area contributed by atoms with Crippen LogP contribution in [0.2, 0.25) is 0 Å². The summed E-state index contributed by atoms with van der Waals surface area (Å²) in [6.07, 6.45) is 5.77. The standard InChI is InChI=1S/C15H21N/c1-10-3-8-14(11(2)9-10)16-15(12-4-5-12)13-6-7-13/h3,8-9,12-13,15-16H,4-7H2,1-2H3. The van der Waals surface area contributed by atoms with Gasteiger partial charge in [0.15, 0.2) is 0 Å². The Morgan fingerprint density at radius 2 is 1.69 bits per heavy atom. The number of aryl methyl sites for hydroxylation is 2. The molecule has 0 heterocycles. The molecular weight excluding hydrogens is 194 g/mol. The zero-order valence-corrected chi connectivity index (χ0v) is 10.3. The molecule has 1 heteroatoms. The van der Waals surface area contributed by atoms with Crippen molar-refractivity contribution in [3.63, 3.8) is 0 Å². The normalized spacial score (nSPS) is 20.2. The lowest BCUT2D eigenvalue weighted by Gasteiger charge is -2.20. The molecule has 0 radical (unpaired) electrons. The largest absolute Gasteiger partial charge is 0.382 e. The summed E-state index contributed by atoms with van der Waals surface area (Å²) in [6, 6.07) is 7.51. The van der Waals surface area contributed by atoms with Gasteiger partial charge in [0.1, 0.15) is 0 Å². The van der Waals surface area contributed by atoms with Crippen LogP contribution in [-0.2, 0) is 0 Å². The molecule has 2 aliphatic carbocycles. The summed E-state index contributed by atoms with van der Waals surface area (Å²) in [6.45, 7) is 4.38. The van der Waals surface area contributed by atoms with Crippen LogP contribution < -0.4 is 5.32 Å². The third-order valence-corrected chi connectivity index (χ3v) is 3.96. The average molecular weight is 215 g/mol. The predicted octanol–water partition coefficient (Wildman–Crippen LogP) is 3.90. The van der Waals surface area contributed by atoms with E-state index in [1.807, 2.05) is 0 Å². The predicted molar refractivity (Wildman–Crippen MR) is 68.8 cm³/mol. The Morgan fingerprint density at radius 3 is 2.19 bits per heavy atom. The first-order valence-corrected chi connectivity index (χ1v) is 6.58. The molecule has 2 fully saturated rings. The second kappa shape index (κ2) is 3.80. The summed E-state index contributed by atoms with van der Waals surface area (Å²) < 4.78 is 0. The van der Waals surface area contributed by atoms with Crippen LogP contribution in [0.25, 0.3) is 0 Å². The van der Waals surface area contributed by atoms with Gasteiger partial charge < -0.3 is 5.32 Å². The van der Waals surface area contributed by atoms with Crippen molar-refractivity contribution >= 4 is 5.69 Å². The molecule has 1 aromatic rings. The van der Waals surface area contributed by atoms with Crippen LogP contribution in [0.1, 0.15) is 36.8 Å². The zero-order chi connectivity index (χ0) is 11.1. The fraction of sp³-hybridized carbons (Fsp3) is 0.600. The Balaban J connectivity index is 1.76. The Bertz CT molecular complexity index is 376. The SMILES string of the molecule is Cc1ccc(NC(C2CC2)C2CC2)c(C)c1. The number of hydrogen-bond acceptors (Lipinski definition) is 1. The minimum absolute atomic E-state index is 0.765. The van der Waals surface area contributed by atoms with Gasteiger partial charge in [-0.1, -0.05) is 17.7 Å². The summed E-state index contributed by atoms with van der Waals surface area (Å²) in [7, 11) is 0. The molecule has 1 aromatic carbocycles. The van der Waals surface area contributed by atoms with E-state index in [-0.39, 0.29) is 0 Å². The summed E-state index contributed by atoms with van der Waals surface area (Å²) in [4.78, 5) is 0. The molecule has 0 saturated heterocycles. The highest BCUT2D eigenvalue weighted by molar-refractivity contribution is 5.53. The molecule has 2 saturated carbocycles. The van der Waals surface area contributed by atoms with Crippen molar-refractivity contribution in [3.8, 4) is 0 Å².